The van der Waals surface area contributed by atoms with Crippen molar-refractivity contribution in [2.75, 3.05) is 0 Å². The first-order valence-electron chi connectivity index (χ1n) is 6.61. The Hall–Kier alpha value is -0.890. The number of carbonyl (C=O) groups excluding carboxylic acids is 1. The quantitative estimate of drug-likeness (QED) is 0.714. The molecular formula is C15H18ClFO. The predicted octanol–water partition coefficient (Wildman–Crippen LogP) is 4.88. The highest BCUT2D eigenvalue weighted by molar-refractivity contribution is 6.34. The highest BCUT2D eigenvalue weighted by atomic mass is 35.5. The highest BCUT2D eigenvalue weighted by Gasteiger charge is 2.28. The molecule has 1 aliphatic carbocycles. The summed E-state index contributed by atoms with van der Waals surface area (Å²) in [5.41, 5.74) is 0.346. The molecule has 1 saturated carbocycles. The van der Waals surface area contributed by atoms with Crippen LogP contribution in [0.2, 0.25) is 5.02 Å². The van der Waals surface area contributed by atoms with Gasteiger partial charge in [0, 0.05) is 11.5 Å². The smallest absolute Gasteiger partial charge is 0.167 e. The van der Waals surface area contributed by atoms with Crippen molar-refractivity contribution >= 4 is 17.4 Å². The minimum atomic E-state index is -0.509. The second kappa shape index (κ2) is 5.83. The summed E-state index contributed by atoms with van der Waals surface area (Å²) in [7, 11) is 0. The van der Waals surface area contributed by atoms with Crippen molar-refractivity contribution in [3.8, 4) is 0 Å². The van der Waals surface area contributed by atoms with Crippen LogP contribution in [0.1, 0.15) is 49.4 Å². The summed E-state index contributed by atoms with van der Waals surface area (Å²) in [4.78, 5) is 12.4. The fourth-order valence-corrected chi connectivity index (χ4v) is 3.03. The maximum atomic E-state index is 13.4. The van der Waals surface area contributed by atoms with Gasteiger partial charge in [-0.3, -0.25) is 4.79 Å². The summed E-state index contributed by atoms with van der Waals surface area (Å²) in [5, 5.41) is -0.0267. The fourth-order valence-electron chi connectivity index (χ4n) is 2.81. The number of carbonyl (C=O) groups is 1. The molecule has 0 amide bonds. The molecule has 0 radical (unpaired) electrons. The van der Waals surface area contributed by atoms with E-state index in [4.69, 9.17) is 11.6 Å². The molecule has 18 heavy (non-hydrogen) atoms. The SMILES string of the molecule is CCC1CCCC(C(=O)c2cccc(F)c2Cl)C1. The molecule has 2 atom stereocenters. The topological polar surface area (TPSA) is 17.1 Å². The number of Topliss-reactive ketones (excluding diaryl/α,β-unsaturated/α-hetero) is 1. The first kappa shape index (κ1) is 13.5. The van der Waals surface area contributed by atoms with Gasteiger partial charge in [-0.05, 0) is 30.9 Å². The molecule has 98 valence electrons. The van der Waals surface area contributed by atoms with Crippen LogP contribution in [0, 0.1) is 17.7 Å². The van der Waals surface area contributed by atoms with Crippen LogP contribution < -0.4 is 0 Å². The Morgan fingerprint density at radius 3 is 2.94 bits per heavy atom. The fraction of sp³-hybridized carbons (Fsp3) is 0.533. The molecule has 0 heterocycles. The molecule has 1 aliphatic rings. The summed E-state index contributed by atoms with van der Waals surface area (Å²) in [6, 6.07) is 4.46. The number of halogens is 2. The third kappa shape index (κ3) is 2.74. The van der Waals surface area contributed by atoms with Gasteiger partial charge >= 0.3 is 0 Å². The van der Waals surface area contributed by atoms with Crippen molar-refractivity contribution in [2.24, 2.45) is 11.8 Å². The van der Waals surface area contributed by atoms with Crippen molar-refractivity contribution < 1.29 is 9.18 Å². The van der Waals surface area contributed by atoms with Crippen LogP contribution in [0.25, 0.3) is 0 Å². The number of rotatable bonds is 3. The van der Waals surface area contributed by atoms with Crippen LogP contribution in [0.15, 0.2) is 18.2 Å². The van der Waals surface area contributed by atoms with Crippen LogP contribution in [0.5, 0.6) is 0 Å². The van der Waals surface area contributed by atoms with Gasteiger partial charge in [0.2, 0.25) is 0 Å². The molecule has 0 aliphatic heterocycles. The summed E-state index contributed by atoms with van der Waals surface area (Å²) in [6.45, 7) is 2.16. The predicted molar refractivity (Wildman–Crippen MR) is 71.5 cm³/mol. The summed E-state index contributed by atoms with van der Waals surface area (Å²) < 4.78 is 13.4. The van der Waals surface area contributed by atoms with E-state index in [-0.39, 0.29) is 16.7 Å². The maximum Gasteiger partial charge on any atom is 0.167 e. The maximum absolute atomic E-state index is 13.4. The largest absolute Gasteiger partial charge is 0.294 e. The minimum absolute atomic E-state index is 0.0117. The molecule has 2 rings (SSSR count). The first-order chi connectivity index (χ1) is 8.63. The Balaban J connectivity index is 2.18. The van der Waals surface area contributed by atoms with Crippen LogP contribution in [0.4, 0.5) is 4.39 Å². The molecule has 1 nitrogen and oxygen atoms in total. The Kier molecular flexibility index (Phi) is 4.39. The van der Waals surface area contributed by atoms with E-state index in [0.717, 1.165) is 25.7 Å². The van der Waals surface area contributed by atoms with Crippen LogP contribution >= 0.6 is 11.6 Å². The van der Waals surface area contributed by atoms with Crippen molar-refractivity contribution in [3.63, 3.8) is 0 Å². The third-order valence-electron chi connectivity index (χ3n) is 3.95. The molecule has 0 aromatic heterocycles. The number of hydrogen-bond acceptors (Lipinski definition) is 1. The van der Waals surface area contributed by atoms with Gasteiger partial charge in [0.25, 0.3) is 0 Å². The zero-order valence-electron chi connectivity index (χ0n) is 10.6. The molecular weight excluding hydrogens is 251 g/mol. The molecule has 3 heteroatoms. The lowest BCUT2D eigenvalue weighted by molar-refractivity contribution is 0.0861. The average Bonchev–Trinajstić information content (AvgIpc) is 2.41. The van der Waals surface area contributed by atoms with Crippen LogP contribution in [-0.2, 0) is 0 Å². The second-order valence-electron chi connectivity index (χ2n) is 5.10. The van der Waals surface area contributed by atoms with E-state index in [2.05, 4.69) is 6.92 Å². The Morgan fingerprint density at radius 2 is 2.22 bits per heavy atom. The van der Waals surface area contributed by atoms with Gasteiger partial charge in [0.15, 0.2) is 5.78 Å². The van der Waals surface area contributed by atoms with E-state index in [9.17, 15) is 9.18 Å². The van der Waals surface area contributed by atoms with E-state index < -0.39 is 5.82 Å². The Labute approximate surface area is 112 Å². The number of hydrogen-bond donors (Lipinski definition) is 0. The molecule has 0 spiro atoms. The van der Waals surface area contributed by atoms with Crippen molar-refractivity contribution in [3.05, 3.63) is 34.6 Å². The van der Waals surface area contributed by atoms with Crippen molar-refractivity contribution in [1.82, 2.24) is 0 Å². The molecule has 2 unspecified atom stereocenters. The third-order valence-corrected chi connectivity index (χ3v) is 4.33. The van der Waals surface area contributed by atoms with Crippen LogP contribution in [-0.4, -0.2) is 5.78 Å². The van der Waals surface area contributed by atoms with Gasteiger partial charge < -0.3 is 0 Å². The van der Waals surface area contributed by atoms with Gasteiger partial charge in [-0.1, -0.05) is 43.9 Å². The average molecular weight is 269 g/mol. The van der Waals surface area contributed by atoms with Crippen molar-refractivity contribution in [1.29, 1.82) is 0 Å². The van der Waals surface area contributed by atoms with Gasteiger partial charge in [0.05, 0.1) is 5.02 Å². The van der Waals surface area contributed by atoms with Gasteiger partial charge in [0.1, 0.15) is 5.82 Å². The van der Waals surface area contributed by atoms with E-state index in [1.165, 1.54) is 12.5 Å². The lowest BCUT2D eigenvalue weighted by Crippen LogP contribution is -2.23. The molecule has 1 aromatic rings. The minimum Gasteiger partial charge on any atom is -0.294 e. The summed E-state index contributed by atoms with van der Waals surface area (Å²) >= 11 is 5.88. The Bertz CT molecular complexity index is 444. The lowest BCUT2D eigenvalue weighted by Gasteiger charge is -2.27. The zero-order valence-corrected chi connectivity index (χ0v) is 11.3. The number of ketones is 1. The van der Waals surface area contributed by atoms with E-state index >= 15 is 0 Å². The lowest BCUT2D eigenvalue weighted by atomic mass is 9.77. The molecule has 0 saturated heterocycles. The first-order valence-corrected chi connectivity index (χ1v) is 6.99. The number of benzene rings is 1. The summed E-state index contributed by atoms with van der Waals surface area (Å²) in [5.74, 6) is 0.144. The zero-order chi connectivity index (χ0) is 13.1. The van der Waals surface area contributed by atoms with Gasteiger partial charge in [-0.25, -0.2) is 4.39 Å². The standard InChI is InChI=1S/C15H18ClFO/c1-2-10-5-3-6-11(9-10)15(18)12-7-4-8-13(17)14(12)16/h4,7-8,10-11H,2-3,5-6,9H2,1H3. The Morgan fingerprint density at radius 1 is 1.44 bits per heavy atom. The van der Waals surface area contributed by atoms with Gasteiger partial charge in [-0.2, -0.15) is 0 Å². The molecule has 0 N–H and O–H groups in total. The van der Waals surface area contributed by atoms with Crippen LogP contribution in [0.3, 0.4) is 0 Å². The van der Waals surface area contributed by atoms with Gasteiger partial charge in [-0.15, -0.1) is 0 Å². The molecule has 1 fully saturated rings. The summed E-state index contributed by atoms with van der Waals surface area (Å²) in [6.07, 6.45) is 5.23. The monoisotopic (exact) mass is 268 g/mol. The van der Waals surface area contributed by atoms with E-state index in [1.807, 2.05) is 0 Å². The second-order valence-corrected chi connectivity index (χ2v) is 5.48. The molecule has 0 bridgehead atoms. The highest BCUT2D eigenvalue weighted by Crippen LogP contribution is 2.34. The molecule has 1 aromatic carbocycles. The normalized spacial score (nSPS) is 23.9. The van der Waals surface area contributed by atoms with Crippen molar-refractivity contribution in [2.45, 2.75) is 39.0 Å². The van der Waals surface area contributed by atoms with E-state index in [1.54, 1.807) is 12.1 Å². The van der Waals surface area contributed by atoms with E-state index in [0.29, 0.717) is 11.5 Å².